The Morgan fingerprint density at radius 2 is 1.73 bits per heavy atom. The minimum absolute atomic E-state index is 0.112. The Morgan fingerprint density at radius 3 is 2.23 bits per heavy atom. The highest BCUT2D eigenvalue weighted by atomic mass is 32.2. The summed E-state index contributed by atoms with van der Waals surface area (Å²) in [5.74, 6) is -0.153. The van der Waals surface area contributed by atoms with Crippen molar-refractivity contribution in [2.45, 2.75) is 30.6 Å². The van der Waals surface area contributed by atoms with Crippen LogP contribution < -0.4 is 0 Å². The molecule has 0 aliphatic carbocycles. The average Bonchev–Trinajstić information content (AvgIpc) is 2.94. The summed E-state index contributed by atoms with van der Waals surface area (Å²) >= 11 is 0. The highest BCUT2D eigenvalue weighted by Gasteiger charge is 2.40. The molecule has 0 spiro atoms. The first kappa shape index (κ1) is 22.0. The molecule has 1 aromatic carbocycles. The van der Waals surface area contributed by atoms with Crippen LogP contribution in [0.1, 0.15) is 23.6 Å². The number of hydrogen-bond acceptors (Lipinski definition) is 4. The molecule has 0 radical (unpaired) electrons. The van der Waals surface area contributed by atoms with E-state index in [1.54, 1.807) is 0 Å². The van der Waals surface area contributed by atoms with Gasteiger partial charge in [-0.25, -0.2) is 4.98 Å². The zero-order chi connectivity index (χ0) is 22.6. The number of hydrogen-bond donors (Lipinski definition) is 1. The van der Waals surface area contributed by atoms with E-state index in [-0.39, 0.29) is 35.2 Å². The Bertz CT molecular complexity index is 1250. The van der Waals surface area contributed by atoms with Crippen molar-refractivity contribution in [1.82, 2.24) is 14.5 Å². The molecule has 30 heavy (non-hydrogen) atoms. The third-order valence-electron chi connectivity index (χ3n) is 4.46. The number of aromatic nitrogens is 3. The number of imidazole rings is 1. The first-order chi connectivity index (χ1) is 13.7. The molecule has 0 bridgehead atoms. The second-order valence-electron chi connectivity index (χ2n) is 6.35. The van der Waals surface area contributed by atoms with Crippen LogP contribution in [0.5, 0.6) is 0 Å². The van der Waals surface area contributed by atoms with Crippen molar-refractivity contribution in [3.05, 3.63) is 41.1 Å². The molecule has 2 aromatic heterocycles. The van der Waals surface area contributed by atoms with Crippen LogP contribution in [0.25, 0.3) is 22.6 Å². The summed E-state index contributed by atoms with van der Waals surface area (Å²) in [4.78, 5) is 6.35. The molecule has 6 nitrogen and oxygen atoms in total. The molecular formula is C17H13F6N3O3S. The second-order valence-corrected chi connectivity index (χ2v) is 7.71. The van der Waals surface area contributed by atoms with Crippen LogP contribution in [0.15, 0.2) is 29.3 Å². The fourth-order valence-corrected chi connectivity index (χ4v) is 4.14. The van der Waals surface area contributed by atoms with Crippen molar-refractivity contribution < 1.29 is 39.3 Å². The summed E-state index contributed by atoms with van der Waals surface area (Å²) in [5.41, 5.74) is -3.28. The Labute approximate surface area is 165 Å². The van der Waals surface area contributed by atoms with Gasteiger partial charge in [0.15, 0.2) is 5.82 Å². The fraction of sp³-hybridized carbons (Fsp3) is 0.294. The van der Waals surface area contributed by atoms with Gasteiger partial charge in [-0.2, -0.15) is 34.8 Å². The maximum absolute atomic E-state index is 13.3. The van der Waals surface area contributed by atoms with Crippen LogP contribution >= 0.6 is 0 Å². The van der Waals surface area contributed by atoms with Crippen molar-refractivity contribution in [3.8, 4) is 11.5 Å². The van der Waals surface area contributed by atoms with Crippen LogP contribution in [-0.2, 0) is 35.9 Å². The zero-order valence-electron chi connectivity index (χ0n) is 15.3. The summed E-state index contributed by atoms with van der Waals surface area (Å²) in [6.45, 7) is 1.35. The molecule has 1 N–H and O–H groups in total. The lowest BCUT2D eigenvalue weighted by atomic mass is 10.1. The molecule has 0 saturated heterocycles. The molecule has 0 unspecified atom stereocenters. The number of halogens is 6. The first-order valence-corrected chi connectivity index (χ1v) is 9.70. The topological polar surface area (TPSA) is 85.1 Å². The number of fused-ring (bicyclic) bond motifs is 1. The van der Waals surface area contributed by atoms with E-state index in [0.29, 0.717) is 0 Å². The van der Waals surface area contributed by atoms with E-state index in [2.05, 4.69) is 9.97 Å². The average molecular weight is 453 g/mol. The van der Waals surface area contributed by atoms with Gasteiger partial charge in [0, 0.05) is 18.8 Å². The molecule has 0 aliphatic heterocycles. The SMILES string of the molecule is CCc1c(-c2nc3cc(C(F)(F)F)ccc3n2C)ncc(C(F)(F)F)c1S(=O)(=O)O. The Morgan fingerprint density at radius 1 is 1.10 bits per heavy atom. The molecule has 0 atom stereocenters. The Kier molecular flexibility index (Phi) is 5.10. The molecule has 162 valence electrons. The van der Waals surface area contributed by atoms with Crippen LogP contribution in [0.4, 0.5) is 26.3 Å². The number of pyridine rings is 1. The largest absolute Gasteiger partial charge is 0.419 e. The van der Waals surface area contributed by atoms with Crippen molar-refractivity contribution in [2.24, 2.45) is 7.05 Å². The van der Waals surface area contributed by atoms with E-state index >= 15 is 0 Å². The summed E-state index contributed by atoms with van der Waals surface area (Å²) < 4.78 is 113. The van der Waals surface area contributed by atoms with Crippen molar-refractivity contribution in [2.75, 3.05) is 0 Å². The van der Waals surface area contributed by atoms with Gasteiger partial charge in [0.25, 0.3) is 10.1 Å². The van der Waals surface area contributed by atoms with E-state index in [4.69, 9.17) is 0 Å². The number of rotatable bonds is 3. The third kappa shape index (κ3) is 3.74. The maximum atomic E-state index is 13.3. The van der Waals surface area contributed by atoms with Crippen LogP contribution in [-0.4, -0.2) is 27.5 Å². The summed E-state index contributed by atoms with van der Waals surface area (Å²) in [5, 5.41) is 0. The van der Waals surface area contributed by atoms with E-state index < -0.39 is 44.1 Å². The lowest BCUT2D eigenvalue weighted by Gasteiger charge is -2.16. The van der Waals surface area contributed by atoms with Crippen molar-refractivity contribution >= 4 is 21.2 Å². The first-order valence-electron chi connectivity index (χ1n) is 8.26. The Hall–Kier alpha value is -2.67. The smallest absolute Gasteiger partial charge is 0.326 e. The van der Waals surface area contributed by atoms with Gasteiger partial charge in [-0.3, -0.25) is 9.54 Å². The second kappa shape index (κ2) is 6.94. The van der Waals surface area contributed by atoms with Crippen LogP contribution in [0.3, 0.4) is 0 Å². The summed E-state index contributed by atoms with van der Waals surface area (Å²) in [6, 6.07) is 2.71. The summed E-state index contributed by atoms with van der Waals surface area (Å²) in [7, 11) is -3.91. The number of alkyl halides is 6. The summed E-state index contributed by atoms with van der Waals surface area (Å²) in [6.07, 6.45) is -9.78. The van der Waals surface area contributed by atoms with E-state index in [1.165, 1.54) is 18.5 Å². The molecule has 3 aromatic rings. The number of aryl methyl sites for hydroxylation is 1. The zero-order valence-corrected chi connectivity index (χ0v) is 16.1. The molecule has 0 aliphatic rings. The van der Waals surface area contributed by atoms with E-state index in [9.17, 15) is 39.3 Å². The predicted octanol–water partition coefficient (Wildman–Crippen LogP) is 4.48. The quantitative estimate of drug-likeness (QED) is 0.467. The highest BCUT2D eigenvalue weighted by molar-refractivity contribution is 7.86. The van der Waals surface area contributed by atoms with Crippen LogP contribution in [0.2, 0.25) is 0 Å². The predicted molar refractivity (Wildman–Crippen MR) is 93.1 cm³/mol. The molecule has 2 heterocycles. The molecule has 0 amide bonds. The monoisotopic (exact) mass is 453 g/mol. The minimum Gasteiger partial charge on any atom is -0.326 e. The molecule has 0 fully saturated rings. The van der Waals surface area contributed by atoms with E-state index in [1.807, 2.05) is 0 Å². The lowest BCUT2D eigenvalue weighted by Crippen LogP contribution is -2.17. The minimum atomic E-state index is -5.30. The number of nitrogens with zero attached hydrogens (tertiary/aromatic N) is 3. The van der Waals surface area contributed by atoms with Gasteiger partial charge in [-0.15, -0.1) is 0 Å². The van der Waals surface area contributed by atoms with Gasteiger partial charge in [-0.1, -0.05) is 6.92 Å². The molecule has 3 rings (SSSR count). The normalized spacial score (nSPS) is 13.2. The van der Waals surface area contributed by atoms with Gasteiger partial charge in [0.05, 0.1) is 22.2 Å². The fourth-order valence-electron chi connectivity index (χ4n) is 3.14. The van der Waals surface area contributed by atoms with Crippen molar-refractivity contribution in [3.63, 3.8) is 0 Å². The maximum Gasteiger partial charge on any atom is 0.419 e. The lowest BCUT2D eigenvalue weighted by molar-refractivity contribution is -0.140. The van der Waals surface area contributed by atoms with Gasteiger partial charge in [0.1, 0.15) is 10.6 Å². The van der Waals surface area contributed by atoms with Crippen molar-refractivity contribution in [1.29, 1.82) is 0 Å². The van der Waals surface area contributed by atoms with Gasteiger partial charge < -0.3 is 4.57 Å². The standard InChI is InChI=1S/C17H13F6N3O3S/c1-3-9-13(24-7-10(17(21,22)23)14(9)30(27,28)29)15-25-11-6-8(16(18,19)20)4-5-12(11)26(15)2/h4-7H,3H2,1-2H3,(H,27,28,29). The highest BCUT2D eigenvalue weighted by Crippen LogP contribution is 2.39. The van der Waals surface area contributed by atoms with Gasteiger partial charge >= 0.3 is 12.4 Å². The molecule has 13 heteroatoms. The van der Waals surface area contributed by atoms with Gasteiger partial charge in [0.2, 0.25) is 0 Å². The van der Waals surface area contributed by atoms with Gasteiger partial charge in [-0.05, 0) is 24.6 Å². The molecular weight excluding hydrogens is 440 g/mol. The van der Waals surface area contributed by atoms with Crippen LogP contribution in [0, 0.1) is 0 Å². The Balaban J connectivity index is 2.36. The third-order valence-corrected chi connectivity index (χ3v) is 5.45. The molecule has 0 saturated carbocycles. The van der Waals surface area contributed by atoms with E-state index in [0.717, 1.165) is 18.2 Å². The number of benzene rings is 1.